The van der Waals surface area contributed by atoms with Gasteiger partial charge in [-0.2, -0.15) is 0 Å². The van der Waals surface area contributed by atoms with Gasteiger partial charge in [0.25, 0.3) is 5.91 Å². The Balaban J connectivity index is 2.12. The molecule has 4 nitrogen and oxygen atoms in total. The molecule has 0 saturated carbocycles. The van der Waals surface area contributed by atoms with Crippen molar-refractivity contribution in [3.8, 4) is 0 Å². The molecule has 0 radical (unpaired) electrons. The number of carboxylic acid groups (broad SMARTS) is 1. The average molecular weight is 233 g/mol. The topological polar surface area (TPSA) is 57.6 Å². The van der Waals surface area contributed by atoms with Crippen LogP contribution in [0.2, 0.25) is 0 Å². The third-order valence-corrected chi connectivity index (χ3v) is 3.35. The molecule has 0 aliphatic carbocycles. The SMILES string of the molecule is Cc1cccc(C(=O)N2CC(C(=O)O)C2)c1C. The number of amides is 1. The second kappa shape index (κ2) is 4.20. The number of likely N-dealkylation sites (tertiary alicyclic amines) is 1. The Morgan fingerprint density at radius 2 is 1.94 bits per heavy atom. The molecule has 90 valence electrons. The third kappa shape index (κ3) is 2.02. The first-order chi connectivity index (χ1) is 8.00. The largest absolute Gasteiger partial charge is 0.481 e. The molecule has 0 unspecified atom stereocenters. The molecule has 1 heterocycles. The molecule has 2 rings (SSSR count). The van der Waals surface area contributed by atoms with Gasteiger partial charge in [-0.05, 0) is 31.0 Å². The standard InChI is InChI=1S/C13H15NO3/c1-8-4-3-5-11(9(8)2)12(15)14-6-10(7-14)13(16)17/h3-5,10H,6-7H2,1-2H3,(H,16,17). The first kappa shape index (κ1) is 11.6. The van der Waals surface area contributed by atoms with Gasteiger partial charge in [0.15, 0.2) is 0 Å². The van der Waals surface area contributed by atoms with Gasteiger partial charge in [-0.3, -0.25) is 9.59 Å². The van der Waals surface area contributed by atoms with Gasteiger partial charge < -0.3 is 10.0 Å². The highest BCUT2D eigenvalue weighted by Crippen LogP contribution is 2.21. The van der Waals surface area contributed by atoms with E-state index >= 15 is 0 Å². The molecule has 1 N–H and O–H groups in total. The van der Waals surface area contributed by atoms with Crippen LogP contribution < -0.4 is 0 Å². The number of aliphatic carboxylic acids is 1. The fraction of sp³-hybridized carbons (Fsp3) is 0.385. The summed E-state index contributed by atoms with van der Waals surface area (Å²) in [7, 11) is 0. The molecule has 1 aliphatic rings. The van der Waals surface area contributed by atoms with Crippen molar-refractivity contribution >= 4 is 11.9 Å². The minimum absolute atomic E-state index is 0.0660. The summed E-state index contributed by atoms with van der Waals surface area (Å²) in [5.74, 6) is -1.29. The Labute approximate surface area is 99.9 Å². The van der Waals surface area contributed by atoms with Crippen LogP contribution >= 0.6 is 0 Å². The van der Waals surface area contributed by atoms with E-state index in [0.717, 1.165) is 11.1 Å². The zero-order valence-corrected chi connectivity index (χ0v) is 9.93. The normalized spacial score (nSPS) is 15.5. The van der Waals surface area contributed by atoms with Crippen LogP contribution in [0.5, 0.6) is 0 Å². The number of carbonyl (C=O) groups excluding carboxylic acids is 1. The van der Waals surface area contributed by atoms with Crippen molar-refractivity contribution in [2.75, 3.05) is 13.1 Å². The lowest BCUT2D eigenvalue weighted by atomic mass is 9.96. The molecule has 1 amide bonds. The number of aryl methyl sites for hydroxylation is 1. The van der Waals surface area contributed by atoms with Crippen LogP contribution in [0.1, 0.15) is 21.5 Å². The number of benzene rings is 1. The molecule has 1 saturated heterocycles. The summed E-state index contributed by atoms with van der Waals surface area (Å²) in [6.45, 7) is 4.52. The van der Waals surface area contributed by atoms with Gasteiger partial charge >= 0.3 is 5.97 Å². The van der Waals surface area contributed by atoms with Crippen LogP contribution in [-0.2, 0) is 4.79 Å². The zero-order chi connectivity index (χ0) is 12.6. The molecule has 1 aliphatic heterocycles. The summed E-state index contributed by atoms with van der Waals surface area (Å²) in [6.07, 6.45) is 0. The summed E-state index contributed by atoms with van der Waals surface area (Å²) in [4.78, 5) is 24.4. The van der Waals surface area contributed by atoms with E-state index in [1.807, 2.05) is 26.0 Å². The minimum Gasteiger partial charge on any atom is -0.481 e. The molecule has 4 heteroatoms. The summed E-state index contributed by atoms with van der Waals surface area (Å²) in [5, 5.41) is 8.76. The van der Waals surface area contributed by atoms with Crippen molar-refractivity contribution in [1.29, 1.82) is 0 Å². The van der Waals surface area contributed by atoms with Crippen LogP contribution in [-0.4, -0.2) is 35.0 Å². The second-order valence-electron chi connectivity index (χ2n) is 4.49. The third-order valence-electron chi connectivity index (χ3n) is 3.35. The predicted octanol–water partition coefficient (Wildman–Crippen LogP) is 1.46. The maximum absolute atomic E-state index is 12.1. The summed E-state index contributed by atoms with van der Waals surface area (Å²) in [5.41, 5.74) is 2.72. The van der Waals surface area contributed by atoms with Crippen LogP contribution in [0.25, 0.3) is 0 Å². The lowest BCUT2D eigenvalue weighted by Crippen LogP contribution is -2.53. The predicted molar refractivity (Wildman–Crippen MR) is 62.9 cm³/mol. The maximum Gasteiger partial charge on any atom is 0.310 e. The van der Waals surface area contributed by atoms with E-state index in [4.69, 9.17) is 5.11 Å². The van der Waals surface area contributed by atoms with E-state index in [2.05, 4.69) is 0 Å². The smallest absolute Gasteiger partial charge is 0.310 e. The maximum atomic E-state index is 12.1. The van der Waals surface area contributed by atoms with Crippen molar-refractivity contribution in [2.45, 2.75) is 13.8 Å². The van der Waals surface area contributed by atoms with Crippen LogP contribution in [0.3, 0.4) is 0 Å². The van der Waals surface area contributed by atoms with Gasteiger partial charge in [0.05, 0.1) is 5.92 Å². The van der Waals surface area contributed by atoms with Crippen molar-refractivity contribution in [3.63, 3.8) is 0 Å². The van der Waals surface area contributed by atoms with E-state index < -0.39 is 11.9 Å². The van der Waals surface area contributed by atoms with Crippen molar-refractivity contribution in [3.05, 3.63) is 34.9 Å². The van der Waals surface area contributed by atoms with Gasteiger partial charge in [0.2, 0.25) is 0 Å². The highest BCUT2D eigenvalue weighted by atomic mass is 16.4. The van der Waals surface area contributed by atoms with Gasteiger partial charge in [0.1, 0.15) is 0 Å². The molecule has 0 aromatic heterocycles. The van der Waals surface area contributed by atoms with Crippen LogP contribution in [0, 0.1) is 19.8 Å². The van der Waals surface area contributed by atoms with Crippen molar-refractivity contribution in [1.82, 2.24) is 4.90 Å². The van der Waals surface area contributed by atoms with E-state index in [1.165, 1.54) is 0 Å². The lowest BCUT2D eigenvalue weighted by molar-refractivity contribution is -0.146. The molecule has 1 fully saturated rings. The molecular formula is C13H15NO3. The van der Waals surface area contributed by atoms with Gasteiger partial charge in [-0.1, -0.05) is 12.1 Å². The number of carboxylic acids is 1. The number of carbonyl (C=O) groups is 2. The lowest BCUT2D eigenvalue weighted by Gasteiger charge is -2.37. The number of hydrogen-bond donors (Lipinski definition) is 1. The Hall–Kier alpha value is -1.84. The highest BCUT2D eigenvalue weighted by molar-refractivity contribution is 5.97. The zero-order valence-electron chi connectivity index (χ0n) is 9.93. The van der Waals surface area contributed by atoms with Gasteiger partial charge in [-0.25, -0.2) is 0 Å². The molecular weight excluding hydrogens is 218 g/mol. The monoisotopic (exact) mass is 233 g/mol. The van der Waals surface area contributed by atoms with E-state index in [-0.39, 0.29) is 5.91 Å². The Morgan fingerprint density at radius 1 is 1.29 bits per heavy atom. The van der Waals surface area contributed by atoms with Crippen molar-refractivity contribution in [2.24, 2.45) is 5.92 Å². The first-order valence-electron chi connectivity index (χ1n) is 5.59. The number of nitrogens with zero attached hydrogens (tertiary/aromatic N) is 1. The summed E-state index contributed by atoms with van der Waals surface area (Å²) in [6, 6.07) is 5.60. The second-order valence-corrected chi connectivity index (χ2v) is 4.49. The Kier molecular flexibility index (Phi) is 2.88. The fourth-order valence-electron chi connectivity index (χ4n) is 1.95. The van der Waals surface area contributed by atoms with E-state index in [9.17, 15) is 9.59 Å². The average Bonchev–Trinajstić information content (AvgIpc) is 2.19. The van der Waals surface area contributed by atoms with Gasteiger partial charge in [0, 0.05) is 18.7 Å². The van der Waals surface area contributed by atoms with E-state index in [0.29, 0.717) is 18.7 Å². The fourth-order valence-corrected chi connectivity index (χ4v) is 1.95. The number of rotatable bonds is 2. The van der Waals surface area contributed by atoms with Crippen LogP contribution in [0.4, 0.5) is 0 Å². The van der Waals surface area contributed by atoms with Crippen LogP contribution in [0.15, 0.2) is 18.2 Å². The molecule has 0 spiro atoms. The van der Waals surface area contributed by atoms with Gasteiger partial charge in [-0.15, -0.1) is 0 Å². The summed E-state index contributed by atoms with van der Waals surface area (Å²) < 4.78 is 0. The summed E-state index contributed by atoms with van der Waals surface area (Å²) >= 11 is 0. The molecule has 17 heavy (non-hydrogen) atoms. The molecule has 0 bridgehead atoms. The van der Waals surface area contributed by atoms with Crippen molar-refractivity contribution < 1.29 is 14.7 Å². The minimum atomic E-state index is -0.824. The quantitative estimate of drug-likeness (QED) is 0.841. The van der Waals surface area contributed by atoms with E-state index in [1.54, 1.807) is 11.0 Å². The number of hydrogen-bond acceptors (Lipinski definition) is 2. The highest BCUT2D eigenvalue weighted by Gasteiger charge is 2.36. The Bertz CT molecular complexity index is 476. The molecule has 1 aromatic rings. The Morgan fingerprint density at radius 3 is 2.53 bits per heavy atom. The molecule has 1 aromatic carbocycles. The molecule has 0 atom stereocenters. The first-order valence-corrected chi connectivity index (χ1v) is 5.59.